The second-order valence-electron chi connectivity index (χ2n) is 4.40. The highest BCUT2D eigenvalue weighted by atomic mass is 35.5. The van der Waals surface area contributed by atoms with E-state index in [0.29, 0.717) is 11.6 Å². The lowest BCUT2D eigenvalue weighted by atomic mass is 10.1. The van der Waals surface area contributed by atoms with Crippen LogP contribution in [0.1, 0.15) is 24.1 Å². The summed E-state index contributed by atoms with van der Waals surface area (Å²) in [5.74, 6) is 0.239. The van der Waals surface area contributed by atoms with E-state index in [0.717, 1.165) is 16.1 Å². The van der Waals surface area contributed by atoms with Crippen LogP contribution in [0, 0.1) is 0 Å². The Labute approximate surface area is 123 Å². The summed E-state index contributed by atoms with van der Waals surface area (Å²) in [4.78, 5) is 0. The number of aromatic hydroxyl groups is 1. The second kappa shape index (κ2) is 6.29. The van der Waals surface area contributed by atoms with E-state index in [1.165, 1.54) is 0 Å². The number of hydrogen-bond donors (Lipinski definition) is 2. The molecule has 0 bridgehead atoms. The zero-order valence-corrected chi connectivity index (χ0v) is 12.0. The first-order valence-corrected chi connectivity index (χ1v) is 6.78. The van der Waals surface area contributed by atoms with Crippen LogP contribution < -0.4 is 5.32 Å². The predicted molar refractivity (Wildman–Crippen MR) is 79.8 cm³/mol. The van der Waals surface area contributed by atoms with Crippen LogP contribution in [0.15, 0.2) is 42.5 Å². The molecule has 0 spiro atoms. The molecule has 0 aliphatic heterocycles. The number of phenols is 1. The lowest BCUT2D eigenvalue weighted by Gasteiger charge is -2.16. The van der Waals surface area contributed by atoms with Crippen molar-refractivity contribution in [3.63, 3.8) is 0 Å². The third kappa shape index (κ3) is 3.63. The molecule has 2 rings (SSSR count). The Kier molecular flexibility index (Phi) is 4.70. The van der Waals surface area contributed by atoms with E-state index >= 15 is 0 Å². The molecule has 0 heterocycles. The summed E-state index contributed by atoms with van der Waals surface area (Å²) in [5, 5.41) is 14.4. The minimum absolute atomic E-state index is 0.0899. The summed E-state index contributed by atoms with van der Waals surface area (Å²) in [6.07, 6.45) is 0. The minimum Gasteiger partial charge on any atom is -0.508 e. The van der Waals surface area contributed by atoms with Crippen LogP contribution in [0.4, 0.5) is 0 Å². The number of rotatable bonds is 4. The highest BCUT2D eigenvalue weighted by molar-refractivity contribution is 6.31. The molecule has 0 amide bonds. The van der Waals surface area contributed by atoms with Crippen molar-refractivity contribution in [1.82, 2.24) is 5.32 Å². The highest BCUT2D eigenvalue weighted by Crippen LogP contribution is 2.25. The Morgan fingerprint density at radius 3 is 2.63 bits per heavy atom. The first-order chi connectivity index (χ1) is 9.08. The molecule has 0 aliphatic carbocycles. The van der Waals surface area contributed by atoms with Gasteiger partial charge in [-0.15, -0.1) is 0 Å². The van der Waals surface area contributed by atoms with Gasteiger partial charge >= 0.3 is 0 Å². The molecule has 2 N–H and O–H groups in total. The van der Waals surface area contributed by atoms with E-state index in [9.17, 15) is 5.11 Å². The summed E-state index contributed by atoms with van der Waals surface area (Å²) in [6.45, 7) is 2.56. The van der Waals surface area contributed by atoms with Crippen LogP contribution in [-0.2, 0) is 6.54 Å². The van der Waals surface area contributed by atoms with E-state index in [1.807, 2.05) is 31.2 Å². The molecule has 0 radical (unpaired) electrons. The number of benzene rings is 2. The Morgan fingerprint density at radius 2 is 1.89 bits per heavy atom. The second-order valence-corrected chi connectivity index (χ2v) is 5.24. The van der Waals surface area contributed by atoms with Gasteiger partial charge in [0, 0.05) is 28.2 Å². The van der Waals surface area contributed by atoms with Crippen molar-refractivity contribution in [2.24, 2.45) is 0 Å². The van der Waals surface area contributed by atoms with Crippen molar-refractivity contribution >= 4 is 23.2 Å². The zero-order valence-electron chi connectivity index (χ0n) is 10.5. The number of nitrogens with one attached hydrogen (secondary N) is 1. The molecule has 1 atom stereocenters. The van der Waals surface area contributed by atoms with Crippen molar-refractivity contribution < 1.29 is 5.11 Å². The van der Waals surface area contributed by atoms with Gasteiger partial charge in [0.05, 0.1) is 0 Å². The fourth-order valence-electron chi connectivity index (χ4n) is 1.89. The van der Waals surface area contributed by atoms with Crippen molar-refractivity contribution in [3.8, 4) is 5.75 Å². The first-order valence-electron chi connectivity index (χ1n) is 6.03. The predicted octanol–water partition coefficient (Wildman–Crippen LogP) is 4.55. The largest absolute Gasteiger partial charge is 0.508 e. The number of halogens is 2. The maximum absolute atomic E-state index is 9.75. The van der Waals surface area contributed by atoms with E-state index in [-0.39, 0.29) is 11.8 Å². The summed E-state index contributed by atoms with van der Waals surface area (Å²) in [6, 6.07) is 12.8. The SMILES string of the molecule is C[C@@H](NCc1cc(Cl)ccc1O)c1ccccc1Cl. The molecule has 2 aromatic carbocycles. The van der Waals surface area contributed by atoms with Crippen LogP contribution in [0.2, 0.25) is 10.0 Å². The molecule has 19 heavy (non-hydrogen) atoms. The van der Waals surface area contributed by atoms with Gasteiger partial charge in [0.2, 0.25) is 0 Å². The van der Waals surface area contributed by atoms with Gasteiger partial charge in [-0.2, -0.15) is 0 Å². The van der Waals surface area contributed by atoms with Crippen molar-refractivity contribution in [1.29, 1.82) is 0 Å². The molecule has 0 aromatic heterocycles. The van der Waals surface area contributed by atoms with Crippen molar-refractivity contribution in [3.05, 3.63) is 63.6 Å². The molecule has 2 aromatic rings. The third-order valence-electron chi connectivity index (χ3n) is 3.01. The summed E-state index contributed by atoms with van der Waals surface area (Å²) < 4.78 is 0. The molecule has 0 unspecified atom stereocenters. The third-order valence-corrected chi connectivity index (χ3v) is 3.59. The molecule has 0 saturated carbocycles. The first kappa shape index (κ1) is 14.2. The molecular formula is C15H15Cl2NO. The smallest absolute Gasteiger partial charge is 0.120 e. The normalized spacial score (nSPS) is 12.4. The fourth-order valence-corrected chi connectivity index (χ4v) is 2.39. The van der Waals surface area contributed by atoms with Crippen LogP contribution >= 0.6 is 23.2 Å². The maximum atomic E-state index is 9.75. The molecular weight excluding hydrogens is 281 g/mol. The van der Waals surface area contributed by atoms with Gasteiger partial charge < -0.3 is 10.4 Å². The quantitative estimate of drug-likeness (QED) is 0.867. The Morgan fingerprint density at radius 1 is 1.16 bits per heavy atom. The summed E-state index contributed by atoms with van der Waals surface area (Å²) in [7, 11) is 0. The average Bonchev–Trinajstić information content (AvgIpc) is 2.40. The molecule has 0 saturated heterocycles. The Bertz CT molecular complexity index is 572. The Hall–Kier alpha value is -1.22. The summed E-state index contributed by atoms with van der Waals surface area (Å²) in [5.41, 5.74) is 1.80. The van der Waals surface area contributed by atoms with Gasteiger partial charge in [-0.25, -0.2) is 0 Å². The summed E-state index contributed by atoms with van der Waals surface area (Å²) >= 11 is 12.1. The lowest BCUT2D eigenvalue weighted by molar-refractivity contribution is 0.460. The highest BCUT2D eigenvalue weighted by Gasteiger charge is 2.09. The molecule has 4 heteroatoms. The standard InChI is InChI=1S/C15H15Cl2NO/c1-10(13-4-2-3-5-14(13)17)18-9-11-8-12(16)6-7-15(11)19/h2-8,10,18-19H,9H2,1H3/t10-/m1/s1. The molecule has 2 nitrogen and oxygen atoms in total. The Balaban J connectivity index is 2.06. The van der Waals surface area contributed by atoms with E-state index < -0.39 is 0 Å². The number of phenolic OH excluding ortho intramolecular Hbond substituents is 1. The maximum Gasteiger partial charge on any atom is 0.120 e. The number of hydrogen-bond acceptors (Lipinski definition) is 2. The van der Waals surface area contributed by atoms with E-state index in [4.69, 9.17) is 23.2 Å². The van der Waals surface area contributed by atoms with E-state index in [2.05, 4.69) is 5.32 Å². The average molecular weight is 296 g/mol. The van der Waals surface area contributed by atoms with E-state index in [1.54, 1.807) is 18.2 Å². The van der Waals surface area contributed by atoms with Gasteiger partial charge in [-0.3, -0.25) is 0 Å². The fraction of sp³-hybridized carbons (Fsp3) is 0.200. The lowest BCUT2D eigenvalue weighted by Crippen LogP contribution is -2.18. The molecule has 0 aliphatic rings. The van der Waals surface area contributed by atoms with Crippen LogP contribution in [0.3, 0.4) is 0 Å². The van der Waals surface area contributed by atoms with Gasteiger partial charge in [-0.1, -0.05) is 41.4 Å². The van der Waals surface area contributed by atoms with Gasteiger partial charge in [0.1, 0.15) is 5.75 Å². The molecule has 0 fully saturated rings. The van der Waals surface area contributed by atoms with Gasteiger partial charge in [0.15, 0.2) is 0 Å². The van der Waals surface area contributed by atoms with Crippen LogP contribution in [-0.4, -0.2) is 5.11 Å². The van der Waals surface area contributed by atoms with Gasteiger partial charge in [0.25, 0.3) is 0 Å². The van der Waals surface area contributed by atoms with Crippen LogP contribution in [0.5, 0.6) is 5.75 Å². The molecule has 100 valence electrons. The van der Waals surface area contributed by atoms with Crippen molar-refractivity contribution in [2.75, 3.05) is 0 Å². The zero-order chi connectivity index (χ0) is 13.8. The van der Waals surface area contributed by atoms with Crippen molar-refractivity contribution in [2.45, 2.75) is 19.5 Å². The van der Waals surface area contributed by atoms with Crippen LogP contribution in [0.25, 0.3) is 0 Å². The minimum atomic E-state index is 0.0899. The van der Waals surface area contributed by atoms with Gasteiger partial charge in [-0.05, 0) is 36.8 Å². The monoisotopic (exact) mass is 295 g/mol. The topological polar surface area (TPSA) is 32.3 Å².